The van der Waals surface area contributed by atoms with E-state index >= 15 is 0 Å². The Bertz CT molecular complexity index is 153. The minimum Gasteiger partial charge on any atom is -0.469 e. The third-order valence-electron chi connectivity index (χ3n) is 1.70. The summed E-state index contributed by atoms with van der Waals surface area (Å²) in [7, 11) is 1.28. The average Bonchev–Trinajstić information content (AvgIpc) is 2.10. The molecule has 0 fully saturated rings. The van der Waals surface area contributed by atoms with Gasteiger partial charge in [0.25, 0.3) is 6.43 Å². The minimum absolute atomic E-state index is 0.164. The highest BCUT2D eigenvalue weighted by atomic mass is 19.3. The minimum atomic E-state index is -2.35. The van der Waals surface area contributed by atoms with E-state index in [0.29, 0.717) is 13.1 Å². The Labute approximate surface area is 76.7 Å². The molecular weight excluding hydrogens is 180 g/mol. The van der Waals surface area contributed by atoms with E-state index in [9.17, 15) is 13.6 Å². The second-order valence-electron chi connectivity index (χ2n) is 2.61. The monoisotopic (exact) mass is 195 g/mol. The number of carbonyl (C=O) groups excluding carboxylic acids is 1. The molecule has 0 N–H and O–H groups in total. The fraction of sp³-hybridized carbons (Fsp3) is 0.875. The van der Waals surface area contributed by atoms with E-state index in [1.807, 2.05) is 0 Å². The first kappa shape index (κ1) is 12.3. The fourth-order valence-electron chi connectivity index (χ4n) is 0.925. The van der Waals surface area contributed by atoms with Gasteiger partial charge < -0.3 is 4.74 Å². The summed E-state index contributed by atoms with van der Waals surface area (Å²) >= 11 is 0. The molecule has 0 aliphatic rings. The number of hydrogen-bond acceptors (Lipinski definition) is 3. The van der Waals surface area contributed by atoms with Gasteiger partial charge in [0, 0.05) is 6.54 Å². The van der Waals surface area contributed by atoms with E-state index in [-0.39, 0.29) is 18.9 Å². The molecule has 0 atom stereocenters. The Kier molecular flexibility index (Phi) is 6.40. The molecule has 13 heavy (non-hydrogen) atoms. The molecule has 0 aromatic carbocycles. The first-order valence-corrected chi connectivity index (χ1v) is 4.17. The van der Waals surface area contributed by atoms with Crippen molar-refractivity contribution in [2.24, 2.45) is 0 Å². The molecule has 0 aliphatic carbocycles. The van der Waals surface area contributed by atoms with Crippen molar-refractivity contribution in [3.8, 4) is 0 Å². The summed E-state index contributed by atoms with van der Waals surface area (Å²) in [5.74, 6) is -0.368. The number of halogens is 2. The van der Waals surface area contributed by atoms with Gasteiger partial charge in [-0.25, -0.2) is 8.78 Å². The zero-order valence-electron chi connectivity index (χ0n) is 7.93. The maximum absolute atomic E-state index is 11.9. The lowest BCUT2D eigenvalue weighted by Gasteiger charge is -2.18. The molecule has 0 aromatic heterocycles. The molecule has 0 aliphatic heterocycles. The SMILES string of the molecule is CCN(CCC(=O)OC)CC(F)F. The van der Waals surface area contributed by atoms with Gasteiger partial charge in [-0.2, -0.15) is 0 Å². The van der Waals surface area contributed by atoms with Crippen LogP contribution in [0.5, 0.6) is 0 Å². The third-order valence-corrected chi connectivity index (χ3v) is 1.70. The highest BCUT2D eigenvalue weighted by Crippen LogP contribution is 1.99. The fourth-order valence-corrected chi connectivity index (χ4v) is 0.925. The molecule has 78 valence electrons. The van der Waals surface area contributed by atoms with Gasteiger partial charge >= 0.3 is 5.97 Å². The van der Waals surface area contributed by atoms with Crippen molar-refractivity contribution >= 4 is 5.97 Å². The molecular formula is C8H15F2NO2. The predicted octanol–water partition coefficient (Wildman–Crippen LogP) is 1.14. The number of ether oxygens (including phenoxy) is 1. The Morgan fingerprint density at radius 3 is 2.54 bits per heavy atom. The largest absolute Gasteiger partial charge is 0.469 e. The number of carbonyl (C=O) groups is 1. The summed E-state index contributed by atoms with van der Waals surface area (Å²) in [6.45, 7) is 2.34. The van der Waals surface area contributed by atoms with E-state index in [2.05, 4.69) is 4.74 Å². The molecule has 0 saturated heterocycles. The van der Waals surface area contributed by atoms with Crippen molar-refractivity contribution in [3.05, 3.63) is 0 Å². The molecule has 3 nitrogen and oxygen atoms in total. The molecule has 0 amide bonds. The van der Waals surface area contributed by atoms with Crippen LogP contribution < -0.4 is 0 Å². The van der Waals surface area contributed by atoms with Crippen molar-refractivity contribution < 1.29 is 18.3 Å². The van der Waals surface area contributed by atoms with Crippen LogP contribution in [0.25, 0.3) is 0 Å². The van der Waals surface area contributed by atoms with E-state index in [1.165, 1.54) is 12.0 Å². The summed E-state index contributed by atoms with van der Waals surface area (Å²) in [5.41, 5.74) is 0. The lowest BCUT2D eigenvalue weighted by molar-refractivity contribution is -0.141. The topological polar surface area (TPSA) is 29.5 Å². The first-order chi connectivity index (χ1) is 6.10. The Balaban J connectivity index is 3.65. The van der Waals surface area contributed by atoms with Crippen LogP contribution in [0.4, 0.5) is 8.78 Å². The second kappa shape index (κ2) is 6.77. The van der Waals surface area contributed by atoms with Gasteiger partial charge in [0.1, 0.15) is 0 Å². The summed E-state index contributed by atoms with van der Waals surface area (Å²) in [6, 6.07) is 0. The van der Waals surface area contributed by atoms with Crippen LogP contribution in [-0.4, -0.2) is 44.0 Å². The number of nitrogens with zero attached hydrogens (tertiary/aromatic N) is 1. The normalized spacial score (nSPS) is 10.9. The van der Waals surface area contributed by atoms with Gasteiger partial charge in [-0.3, -0.25) is 9.69 Å². The maximum atomic E-state index is 11.9. The summed E-state index contributed by atoms with van der Waals surface area (Å²) in [6.07, 6.45) is -2.19. The Morgan fingerprint density at radius 1 is 1.54 bits per heavy atom. The standard InChI is InChI=1S/C8H15F2NO2/c1-3-11(6-7(9)10)5-4-8(12)13-2/h7H,3-6H2,1-2H3. The molecule has 5 heteroatoms. The third kappa shape index (κ3) is 6.45. The molecule has 0 heterocycles. The number of esters is 1. The van der Waals surface area contributed by atoms with Crippen LogP contribution in [0, 0.1) is 0 Å². The lowest BCUT2D eigenvalue weighted by atomic mass is 10.3. The van der Waals surface area contributed by atoms with E-state index in [4.69, 9.17) is 0 Å². The zero-order chi connectivity index (χ0) is 10.3. The quantitative estimate of drug-likeness (QED) is 0.595. The van der Waals surface area contributed by atoms with Gasteiger partial charge in [0.15, 0.2) is 0 Å². The summed E-state index contributed by atoms with van der Waals surface area (Å²) in [5, 5.41) is 0. The summed E-state index contributed by atoms with van der Waals surface area (Å²) in [4.78, 5) is 12.2. The molecule has 0 saturated carbocycles. The predicted molar refractivity (Wildman–Crippen MR) is 44.8 cm³/mol. The van der Waals surface area contributed by atoms with Gasteiger partial charge in [-0.15, -0.1) is 0 Å². The molecule has 0 radical (unpaired) electrons. The molecule has 0 bridgehead atoms. The van der Waals surface area contributed by atoms with Crippen molar-refractivity contribution in [2.45, 2.75) is 19.8 Å². The van der Waals surface area contributed by atoms with E-state index < -0.39 is 6.43 Å². The average molecular weight is 195 g/mol. The van der Waals surface area contributed by atoms with Crippen molar-refractivity contribution in [1.82, 2.24) is 4.90 Å². The van der Waals surface area contributed by atoms with Crippen molar-refractivity contribution in [2.75, 3.05) is 26.7 Å². The van der Waals surface area contributed by atoms with Crippen LogP contribution in [0.2, 0.25) is 0 Å². The number of rotatable bonds is 6. The van der Waals surface area contributed by atoms with Gasteiger partial charge in [-0.1, -0.05) is 6.92 Å². The van der Waals surface area contributed by atoms with E-state index in [0.717, 1.165) is 0 Å². The molecule has 0 aromatic rings. The number of hydrogen-bond donors (Lipinski definition) is 0. The van der Waals surface area contributed by atoms with Crippen molar-refractivity contribution in [1.29, 1.82) is 0 Å². The number of methoxy groups -OCH3 is 1. The molecule has 0 unspecified atom stereocenters. The maximum Gasteiger partial charge on any atom is 0.306 e. The molecule has 0 rings (SSSR count). The van der Waals surface area contributed by atoms with Gasteiger partial charge in [-0.05, 0) is 6.54 Å². The number of alkyl halides is 2. The Hall–Kier alpha value is -0.710. The van der Waals surface area contributed by atoms with Crippen LogP contribution in [0.3, 0.4) is 0 Å². The smallest absolute Gasteiger partial charge is 0.306 e. The van der Waals surface area contributed by atoms with Gasteiger partial charge in [0.05, 0.1) is 20.1 Å². The van der Waals surface area contributed by atoms with Crippen LogP contribution in [-0.2, 0) is 9.53 Å². The van der Waals surface area contributed by atoms with Gasteiger partial charge in [0.2, 0.25) is 0 Å². The Morgan fingerprint density at radius 2 is 2.15 bits per heavy atom. The highest BCUT2D eigenvalue weighted by molar-refractivity contribution is 5.69. The van der Waals surface area contributed by atoms with Crippen LogP contribution in [0.1, 0.15) is 13.3 Å². The second-order valence-corrected chi connectivity index (χ2v) is 2.61. The van der Waals surface area contributed by atoms with Crippen LogP contribution >= 0.6 is 0 Å². The first-order valence-electron chi connectivity index (χ1n) is 4.17. The highest BCUT2D eigenvalue weighted by Gasteiger charge is 2.11. The zero-order valence-corrected chi connectivity index (χ0v) is 7.93. The summed E-state index contributed by atoms with van der Waals surface area (Å²) < 4.78 is 28.2. The molecule has 0 spiro atoms. The van der Waals surface area contributed by atoms with E-state index in [1.54, 1.807) is 6.92 Å². The lowest BCUT2D eigenvalue weighted by Crippen LogP contribution is -2.31. The van der Waals surface area contributed by atoms with Crippen LogP contribution in [0.15, 0.2) is 0 Å². The van der Waals surface area contributed by atoms with Crippen molar-refractivity contribution in [3.63, 3.8) is 0 Å².